The topological polar surface area (TPSA) is 41.5 Å². The summed E-state index contributed by atoms with van der Waals surface area (Å²) in [5.74, 6) is 0.881. The number of methoxy groups -OCH3 is 1. The Labute approximate surface area is 109 Å². The van der Waals surface area contributed by atoms with Crippen molar-refractivity contribution in [2.24, 2.45) is 0 Å². The van der Waals surface area contributed by atoms with Gasteiger partial charge in [-0.15, -0.1) is 0 Å². The van der Waals surface area contributed by atoms with Crippen LogP contribution in [0.25, 0.3) is 0 Å². The first-order valence-electron chi connectivity index (χ1n) is 6.62. The highest BCUT2D eigenvalue weighted by Gasteiger charge is 2.27. The van der Waals surface area contributed by atoms with Crippen molar-refractivity contribution >= 4 is 0 Å². The van der Waals surface area contributed by atoms with Crippen LogP contribution >= 0.6 is 0 Å². The predicted molar refractivity (Wildman–Crippen MR) is 73.0 cm³/mol. The van der Waals surface area contributed by atoms with Gasteiger partial charge >= 0.3 is 0 Å². The standard InChI is InChI=1S/C15H23NO2/c1-9-8-14(18-4)10(2)7-13(9)15(17)11(3)16-12-5-6-12/h7-8,11-12,15-17H,5-6H2,1-4H3. The molecular weight excluding hydrogens is 226 g/mol. The van der Waals surface area contributed by atoms with Gasteiger partial charge in [-0.25, -0.2) is 0 Å². The molecule has 2 N–H and O–H groups in total. The minimum absolute atomic E-state index is 0.0870. The van der Waals surface area contributed by atoms with Crippen LogP contribution in [-0.2, 0) is 0 Å². The quantitative estimate of drug-likeness (QED) is 0.842. The third-order valence-electron chi connectivity index (χ3n) is 3.65. The average molecular weight is 249 g/mol. The van der Waals surface area contributed by atoms with Gasteiger partial charge in [-0.1, -0.05) is 0 Å². The Balaban J connectivity index is 2.17. The maximum Gasteiger partial charge on any atom is 0.122 e. The number of nitrogens with one attached hydrogen (secondary N) is 1. The van der Waals surface area contributed by atoms with Crippen molar-refractivity contribution in [2.75, 3.05) is 7.11 Å². The van der Waals surface area contributed by atoms with Crippen molar-refractivity contribution in [3.63, 3.8) is 0 Å². The first-order valence-corrected chi connectivity index (χ1v) is 6.62. The molecule has 100 valence electrons. The van der Waals surface area contributed by atoms with Gasteiger partial charge in [-0.3, -0.25) is 0 Å². The van der Waals surface area contributed by atoms with Crippen LogP contribution in [-0.4, -0.2) is 24.3 Å². The molecule has 0 heterocycles. The number of aryl methyl sites for hydroxylation is 2. The lowest BCUT2D eigenvalue weighted by Gasteiger charge is -2.23. The third kappa shape index (κ3) is 2.85. The molecular formula is C15H23NO2. The molecule has 0 amide bonds. The fourth-order valence-electron chi connectivity index (χ4n) is 2.33. The highest BCUT2D eigenvalue weighted by Crippen LogP contribution is 2.29. The molecule has 1 aromatic carbocycles. The molecule has 1 aliphatic rings. The fraction of sp³-hybridized carbons (Fsp3) is 0.600. The van der Waals surface area contributed by atoms with E-state index >= 15 is 0 Å². The predicted octanol–water partition coefficient (Wildman–Crippen LogP) is 2.49. The Bertz CT molecular complexity index is 427. The minimum atomic E-state index is -0.463. The number of aliphatic hydroxyl groups excluding tert-OH is 1. The summed E-state index contributed by atoms with van der Waals surface area (Å²) in [5, 5.41) is 13.9. The van der Waals surface area contributed by atoms with E-state index in [9.17, 15) is 5.11 Å². The number of hydrogen-bond acceptors (Lipinski definition) is 3. The van der Waals surface area contributed by atoms with Crippen LogP contribution in [0.5, 0.6) is 5.75 Å². The monoisotopic (exact) mass is 249 g/mol. The summed E-state index contributed by atoms with van der Waals surface area (Å²) in [7, 11) is 1.68. The van der Waals surface area contributed by atoms with Gasteiger partial charge in [0.2, 0.25) is 0 Å². The van der Waals surface area contributed by atoms with Gasteiger partial charge in [0, 0.05) is 12.1 Å². The molecule has 1 aliphatic carbocycles. The van der Waals surface area contributed by atoms with Crippen LogP contribution in [0.3, 0.4) is 0 Å². The lowest BCUT2D eigenvalue weighted by Crippen LogP contribution is -2.34. The zero-order valence-corrected chi connectivity index (χ0v) is 11.7. The van der Waals surface area contributed by atoms with E-state index in [1.165, 1.54) is 12.8 Å². The second-order valence-electron chi connectivity index (χ2n) is 5.35. The third-order valence-corrected chi connectivity index (χ3v) is 3.65. The van der Waals surface area contributed by atoms with Gasteiger partial charge < -0.3 is 15.2 Å². The van der Waals surface area contributed by atoms with Gasteiger partial charge in [-0.05, 0) is 62.4 Å². The summed E-state index contributed by atoms with van der Waals surface area (Å²) in [6.07, 6.45) is 2.00. The number of rotatable bonds is 5. The van der Waals surface area contributed by atoms with Crippen LogP contribution in [0.2, 0.25) is 0 Å². The van der Waals surface area contributed by atoms with Crippen molar-refractivity contribution in [1.29, 1.82) is 0 Å². The molecule has 0 bridgehead atoms. The summed E-state index contributed by atoms with van der Waals surface area (Å²) in [6.45, 7) is 6.07. The number of ether oxygens (including phenoxy) is 1. The Hall–Kier alpha value is -1.06. The molecule has 1 fully saturated rings. The molecule has 3 heteroatoms. The van der Waals surface area contributed by atoms with E-state index in [0.29, 0.717) is 6.04 Å². The molecule has 0 aliphatic heterocycles. The van der Waals surface area contributed by atoms with Crippen molar-refractivity contribution < 1.29 is 9.84 Å². The molecule has 0 saturated heterocycles. The molecule has 3 nitrogen and oxygen atoms in total. The Kier molecular flexibility index (Phi) is 3.93. The SMILES string of the molecule is COc1cc(C)c(C(O)C(C)NC2CC2)cc1C. The van der Waals surface area contributed by atoms with E-state index in [1.807, 2.05) is 32.9 Å². The van der Waals surface area contributed by atoms with Gasteiger partial charge in [0.15, 0.2) is 0 Å². The molecule has 2 atom stereocenters. The summed E-state index contributed by atoms with van der Waals surface area (Å²) in [6, 6.07) is 4.72. The normalized spacial score (nSPS) is 18.5. The van der Waals surface area contributed by atoms with Crippen molar-refractivity contribution in [3.05, 3.63) is 28.8 Å². The van der Waals surface area contributed by atoms with Gasteiger partial charge in [0.05, 0.1) is 13.2 Å². The molecule has 0 radical (unpaired) electrons. The molecule has 1 aromatic rings. The summed E-state index contributed by atoms with van der Waals surface area (Å²) in [4.78, 5) is 0. The fourth-order valence-corrected chi connectivity index (χ4v) is 2.33. The van der Waals surface area contributed by atoms with Gasteiger partial charge in [0.1, 0.15) is 5.75 Å². The van der Waals surface area contributed by atoms with Crippen LogP contribution in [0.15, 0.2) is 12.1 Å². The van der Waals surface area contributed by atoms with Crippen molar-refractivity contribution in [2.45, 2.75) is 51.8 Å². The molecule has 18 heavy (non-hydrogen) atoms. The number of aliphatic hydroxyl groups is 1. The van der Waals surface area contributed by atoms with E-state index in [2.05, 4.69) is 5.32 Å². The first kappa shape index (κ1) is 13.4. The Morgan fingerprint density at radius 1 is 1.28 bits per heavy atom. The van der Waals surface area contributed by atoms with E-state index in [4.69, 9.17) is 4.74 Å². The molecule has 2 rings (SSSR count). The number of benzene rings is 1. The van der Waals surface area contributed by atoms with Crippen molar-refractivity contribution in [1.82, 2.24) is 5.32 Å². The van der Waals surface area contributed by atoms with Crippen molar-refractivity contribution in [3.8, 4) is 5.75 Å². The zero-order valence-electron chi connectivity index (χ0n) is 11.7. The van der Waals surface area contributed by atoms with Crippen LogP contribution in [0, 0.1) is 13.8 Å². The lowest BCUT2D eigenvalue weighted by molar-refractivity contribution is 0.134. The zero-order chi connectivity index (χ0) is 13.3. The Morgan fingerprint density at radius 2 is 1.94 bits per heavy atom. The maximum absolute atomic E-state index is 10.4. The smallest absolute Gasteiger partial charge is 0.122 e. The summed E-state index contributed by atoms with van der Waals surface area (Å²) in [5.41, 5.74) is 3.14. The Morgan fingerprint density at radius 3 is 2.50 bits per heavy atom. The summed E-state index contributed by atoms with van der Waals surface area (Å²) < 4.78 is 5.30. The second-order valence-corrected chi connectivity index (χ2v) is 5.35. The molecule has 0 aromatic heterocycles. The van der Waals surface area contributed by atoms with Gasteiger partial charge in [-0.2, -0.15) is 0 Å². The molecule has 1 saturated carbocycles. The lowest BCUT2D eigenvalue weighted by atomic mass is 9.96. The van der Waals surface area contributed by atoms with Crippen LogP contribution in [0.1, 0.15) is 42.6 Å². The first-order chi connectivity index (χ1) is 8.52. The average Bonchev–Trinajstić information content (AvgIpc) is 3.14. The van der Waals surface area contributed by atoms with E-state index < -0.39 is 6.10 Å². The largest absolute Gasteiger partial charge is 0.496 e. The van der Waals surface area contributed by atoms with Crippen LogP contribution in [0.4, 0.5) is 0 Å². The highest BCUT2D eigenvalue weighted by atomic mass is 16.5. The van der Waals surface area contributed by atoms with E-state index in [-0.39, 0.29) is 6.04 Å². The van der Waals surface area contributed by atoms with Crippen LogP contribution < -0.4 is 10.1 Å². The van der Waals surface area contributed by atoms with E-state index in [0.717, 1.165) is 22.4 Å². The molecule has 2 unspecified atom stereocenters. The van der Waals surface area contributed by atoms with E-state index in [1.54, 1.807) is 7.11 Å². The van der Waals surface area contributed by atoms with Gasteiger partial charge in [0.25, 0.3) is 0 Å². The number of hydrogen-bond donors (Lipinski definition) is 2. The molecule has 0 spiro atoms. The maximum atomic E-state index is 10.4. The minimum Gasteiger partial charge on any atom is -0.496 e. The highest BCUT2D eigenvalue weighted by molar-refractivity contribution is 5.42. The second kappa shape index (κ2) is 5.29. The summed E-state index contributed by atoms with van der Waals surface area (Å²) >= 11 is 0.